The molecular formula is C23H23F2N3O2. The topological polar surface area (TPSA) is 88.8 Å². The van der Waals surface area contributed by atoms with E-state index in [0.29, 0.717) is 17.0 Å². The van der Waals surface area contributed by atoms with E-state index >= 15 is 0 Å². The normalized spacial score (nSPS) is 21.7. The lowest BCUT2D eigenvalue weighted by molar-refractivity contribution is 0.0997. The SMILES string of the molecule is Cc1c(C2C[C@@H](C)CCC2c2cc(=O)c3c(C(N)=O)nccc3[nH]2)ccc(F)c1F. The second-order valence-corrected chi connectivity index (χ2v) is 8.24. The zero-order valence-electron chi connectivity index (χ0n) is 16.8. The Morgan fingerprint density at radius 2 is 1.97 bits per heavy atom. The fourth-order valence-corrected chi connectivity index (χ4v) is 4.77. The number of aromatic nitrogens is 2. The van der Waals surface area contributed by atoms with E-state index in [-0.39, 0.29) is 28.3 Å². The van der Waals surface area contributed by atoms with Gasteiger partial charge in [-0.05, 0) is 54.9 Å². The lowest BCUT2D eigenvalue weighted by atomic mass is 9.69. The minimum absolute atomic E-state index is 0.0607. The molecule has 156 valence electrons. The first-order chi connectivity index (χ1) is 14.3. The number of carbonyl (C=O) groups is 1. The first kappa shape index (κ1) is 20.2. The molecule has 4 rings (SSSR count). The van der Waals surface area contributed by atoms with Crippen molar-refractivity contribution in [2.75, 3.05) is 0 Å². The molecule has 5 nitrogen and oxygen atoms in total. The third-order valence-electron chi connectivity index (χ3n) is 6.29. The fourth-order valence-electron chi connectivity index (χ4n) is 4.77. The highest BCUT2D eigenvalue weighted by molar-refractivity contribution is 6.03. The van der Waals surface area contributed by atoms with Gasteiger partial charge >= 0.3 is 0 Å². The summed E-state index contributed by atoms with van der Waals surface area (Å²) in [6, 6.07) is 5.94. The molecule has 0 radical (unpaired) electrons. The summed E-state index contributed by atoms with van der Waals surface area (Å²) in [5.74, 6) is -2.14. The fraction of sp³-hybridized carbons (Fsp3) is 0.348. The lowest BCUT2D eigenvalue weighted by Crippen LogP contribution is -2.24. The third-order valence-corrected chi connectivity index (χ3v) is 6.29. The first-order valence-corrected chi connectivity index (χ1v) is 10.0. The number of nitrogens with two attached hydrogens (primary N) is 1. The molecule has 1 aliphatic carbocycles. The maximum absolute atomic E-state index is 14.3. The molecule has 2 heterocycles. The molecule has 1 aromatic carbocycles. The molecular weight excluding hydrogens is 388 g/mol. The number of amides is 1. The van der Waals surface area contributed by atoms with Crippen molar-refractivity contribution in [3.05, 3.63) is 74.8 Å². The molecule has 1 saturated carbocycles. The Hall–Kier alpha value is -3.09. The van der Waals surface area contributed by atoms with Gasteiger partial charge in [-0.15, -0.1) is 0 Å². The van der Waals surface area contributed by atoms with Gasteiger partial charge in [-0.3, -0.25) is 14.6 Å². The second-order valence-electron chi connectivity index (χ2n) is 8.24. The van der Waals surface area contributed by atoms with E-state index in [1.54, 1.807) is 19.1 Å². The summed E-state index contributed by atoms with van der Waals surface area (Å²) in [6.07, 6.45) is 4.01. The van der Waals surface area contributed by atoms with Gasteiger partial charge in [0.05, 0.1) is 10.9 Å². The smallest absolute Gasteiger partial charge is 0.268 e. The van der Waals surface area contributed by atoms with Gasteiger partial charge in [0.1, 0.15) is 5.69 Å². The quantitative estimate of drug-likeness (QED) is 0.674. The average molecular weight is 411 g/mol. The molecule has 3 atom stereocenters. The van der Waals surface area contributed by atoms with Gasteiger partial charge in [0, 0.05) is 23.9 Å². The third kappa shape index (κ3) is 3.38. The van der Waals surface area contributed by atoms with Crippen LogP contribution < -0.4 is 11.2 Å². The first-order valence-electron chi connectivity index (χ1n) is 10.0. The highest BCUT2D eigenvalue weighted by Crippen LogP contribution is 2.46. The number of hydrogen-bond acceptors (Lipinski definition) is 3. The molecule has 0 saturated heterocycles. The van der Waals surface area contributed by atoms with Gasteiger partial charge < -0.3 is 10.7 Å². The minimum atomic E-state index is -0.859. The van der Waals surface area contributed by atoms with Gasteiger partial charge in [0.15, 0.2) is 17.1 Å². The van der Waals surface area contributed by atoms with E-state index in [2.05, 4.69) is 16.9 Å². The van der Waals surface area contributed by atoms with Crippen LogP contribution in [-0.4, -0.2) is 15.9 Å². The van der Waals surface area contributed by atoms with E-state index < -0.39 is 17.5 Å². The van der Waals surface area contributed by atoms with Crippen LogP contribution in [-0.2, 0) is 0 Å². The van der Waals surface area contributed by atoms with Crippen molar-refractivity contribution in [2.24, 2.45) is 11.7 Å². The molecule has 30 heavy (non-hydrogen) atoms. The predicted molar refractivity (Wildman–Crippen MR) is 110 cm³/mol. The largest absolute Gasteiger partial charge is 0.364 e. The summed E-state index contributed by atoms with van der Waals surface area (Å²) in [5.41, 5.74) is 7.24. The summed E-state index contributed by atoms with van der Waals surface area (Å²) >= 11 is 0. The van der Waals surface area contributed by atoms with Crippen LogP contribution in [0, 0.1) is 24.5 Å². The molecule has 1 fully saturated rings. The number of aromatic amines is 1. The van der Waals surface area contributed by atoms with Gasteiger partial charge in [0.2, 0.25) is 0 Å². The number of hydrogen-bond donors (Lipinski definition) is 2. The second kappa shape index (κ2) is 7.63. The highest BCUT2D eigenvalue weighted by Gasteiger charge is 2.33. The molecule has 0 aliphatic heterocycles. The molecule has 2 unspecified atom stereocenters. The Balaban J connectivity index is 1.85. The number of carbonyl (C=O) groups excluding carboxylic acids is 1. The number of rotatable bonds is 3. The Morgan fingerprint density at radius 1 is 1.20 bits per heavy atom. The van der Waals surface area contributed by atoms with Crippen LogP contribution in [0.5, 0.6) is 0 Å². The highest BCUT2D eigenvalue weighted by atomic mass is 19.2. The van der Waals surface area contributed by atoms with Crippen LogP contribution in [0.1, 0.15) is 65.3 Å². The number of primary amides is 1. The summed E-state index contributed by atoms with van der Waals surface area (Å²) in [6.45, 7) is 3.74. The summed E-state index contributed by atoms with van der Waals surface area (Å²) in [7, 11) is 0. The van der Waals surface area contributed by atoms with E-state index in [1.807, 2.05) is 0 Å². The molecule has 7 heteroatoms. The summed E-state index contributed by atoms with van der Waals surface area (Å²) in [5, 5.41) is 0.165. The van der Waals surface area contributed by atoms with Crippen molar-refractivity contribution in [1.82, 2.24) is 9.97 Å². The molecule has 3 N–H and O–H groups in total. The zero-order chi connectivity index (χ0) is 21.6. The Morgan fingerprint density at radius 3 is 2.70 bits per heavy atom. The standard InChI is InChI=1S/C23H23F2N3O2/c1-11-3-4-14(15(9-11)13-5-6-16(24)21(25)12(13)2)18-10-19(29)20-17(28-18)7-8-27-22(20)23(26)30/h5-8,10-11,14-15H,3-4,9H2,1-2H3,(H2,26,30)(H,28,29)/t11-,14?,15?/m0/s1. The van der Waals surface area contributed by atoms with E-state index in [0.717, 1.165) is 30.5 Å². The van der Waals surface area contributed by atoms with Crippen LogP contribution in [0.15, 0.2) is 35.3 Å². The number of pyridine rings is 2. The van der Waals surface area contributed by atoms with Crippen LogP contribution >= 0.6 is 0 Å². The molecule has 2 aromatic heterocycles. The maximum atomic E-state index is 14.3. The van der Waals surface area contributed by atoms with E-state index in [9.17, 15) is 18.4 Å². The van der Waals surface area contributed by atoms with Crippen molar-refractivity contribution < 1.29 is 13.6 Å². The van der Waals surface area contributed by atoms with Crippen LogP contribution in [0.3, 0.4) is 0 Å². The molecule has 3 aromatic rings. The van der Waals surface area contributed by atoms with E-state index in [4.69, 9.17) is 5.73 Å². The van der Waals surface area contributed by atoms with Gasteiger partial charge in [-0.2, -0.15) is 0 Å². The van der Waals surface area contributed by atoms with Crippen molar-refractivity contribution in [1.29, 1.82) is 0 Å². The van der Waals surface area contributed by atoms with Crippen LogP contribution in [0.25, 0.3) is 10.9 Å². The Labute approximate surface area is 172 Å². The predicted octanol–water partition coefficient (Wildman–Crippen LogP) is 4.30. The van der Waals surface area contributed by atoms with Gasteiger partial charge in [0.25, 0.3) is 5.91 Å². The van der Waals surface area contributed by atoms with Gasteiger partial charge in [-0.25, -0.2) is 8.78 Å². The van der Waals surface area contributed by atoms with Crippen molar-refractivity contribution in [3.63, 3.8) is 0 Å². The maximum Gasteiger partial charge on any atom is 0.268 e. The lowest BCUT2D eigenvalue weighted by Gasteiger charge is -2.36. The van der Waals surface area contributed by atoms with Gasteiger partial charge in [-0.1, -0.05) is 19.4 Å². The van der Waals surface area contributed by atoms with E-state index in [1.165, 1.54) is 18.3 Å². The number of H-pyrrole nitrogens is 1. The number of nitrogens with one attached hydrogen (secondary N) is 1. The Bertz CT molecular complexity index is 1210. The Kier molecular flexibility index (Phi) is 5.13. The average Bonchev–Trinajstić information content (AvgIpc) is 2.71. The molecule has 1 aliphatic rings. The molecule has 0 bridgehead atoms. The number of halogens is 2. The van der Waals surface area contributed by atoms with Crippen molar-refractivity contribution in [3.8, 4) is 0 Å². The number of benzene rings is 1. The molecule has 0 spiro atoms. The monoisotopic (exact) mass is 411 g/mol. The van der Waals surface area contributed by atoms with Crippen LogP contribution in [0.2, 0.25) is 0 Å². The number of nitrogens with zero attached hydrogens (tertiary/aromatic N) is 1. The number of fused-ring (bicyclic) bond motifs is 1. The summed E-state index contributed by atoms with van der Waals surface area (Å²) < 4.78 is 28.0. The van der Waals surface area contributed by atoms with Crippen LogP contribution in [0.4, 0.5) is 8.78 Å². The summed E-state index contributed by atoms with van der Waals surface area (Å²) in [4.78, 5) is 31.7. The van der Waals surface area contributed by atoms with Crippen molar-refractivity contribution >= 4 is 16.8 Å². The molecule has 1 amide bonds. The minimum Gasteiger partial charge on any atom is -0.364 e. The van der Waals surface area contributed by atoms with Crippen molar-refractivity contribution in [2.45, 2.75) is 44.9 Å². The zero-order valence-corrected chi connectivity index (χ0v) is 16.8.